The molecule has 3 heterocycles. The molecule has 0 unspecified atom stereocenters. The molecule has 0 spiro atoms. The van der Waals surface area contributed by atoms with Crippen LogP contribution in [0, 0.1) is 6.92 Å². The summed E-state index contributed by atoms with van der Waals surface area (Å²) in [5.41, 5.74) is 0.936. The van der Waals surface area contributed by atoms with Gasteiger partial charge in [-0.3, -0.25) is 9.36 Å². The molecule has 0 saturated carbocycles. The zero-order valence-corrected chi connectivity index (χ0v) is 9.95. The number of hydrogen-bond acceptors (Lipinski definition) is 6. The zero-order valence-electron chi connectivity index (χ0n) is 9.95. The first-order valence-electron chi connectivity index (χ1n) is 5.50. The molecule has 0 aliphatic carbocycles. The fourth-order valence-corrected chi connectivity index (χ4v) is 1.81. The predicted molar refractivity (Wildman–Crippen MR) is 64.8 cm³/mol. The van der Waals surface area contributed by atoms with Gasteiger partial charge in [0.2, 0.25) is 5.89 Å². The molecule has 0 aliphatic heterocycles. The second kappa shape index (κ2) is 4.16. The molecule has 0 radical (unpaired) electrons. The highest BCUT2D eigenvalue weighted by atomic mass is 16.4. The van der Waals surface area contributed by atoms with Crippen molar-refractivity contribution in [3.8, 4) is 0 Å². The molecule has 8 nitrogen and oxygen atoms in total. The van der Waals surface area contributed by atoms with Gasteiger partial charge >= 0.3 is 5.76 Å². The van der Waals surface area contributed by atoms with E-state index in [4.69, 9.17) is 4.42 Å². The Balaban J connectivity index is 2.15. The van der Waals surface area contributed by atoms with E-state index in [2.05, 4.69) is 20.2 Å². The van der Waals surface area contributed by atoms with Crippen LogP contribution in [-0.2, 0) is 6.54 Å². The lowest BCUT2D eigenvalue weighted by Crippen LogP contribution is -2.22. The highest BCUT2D eigenvalue weighted by Gasteiger charge is 2.10. The normalized spacial score (nSPS) is 11.0. The molecule has 3 aromatic rings. The summed E-state index contributed by atoms with van der Waals surface area (Å²) in [6, 6.07) is 1.74. The van der Waals surface area contributed by atoms with Crippen LogP contribution in [0.5, 0.6) is 0 Å². The Bertz CT molecular complexity index is 860. The van der Waals surface area contributed by atoms with Crippen LogP contribution in [0.25, 0.3) is 11.0 Å². The summed E-state index contributed by atoms with van der Waals surface area (Å²) in [7, 11) is 0. The Morgan fingerprint density at radius 2 is 2.21 bits per heavy atom. The van der Waals surface area contributed by atoms with Crippen molar-refractivity contribution in [2.75, 3.05) is 0 Å². The lowest BCUT2D eigenvalue weighted by atomic mass is 10.2. The van der Waals surface area contributed by atoms with Gasteiger partial charge in [0, 0.05) is 6.20 Å². The first-order chi connectivity index (χ1) is 9.15. The number of aryl methyl sites for hydroxylation is 1. The van der Waals surface area contributed by atoms with Gasteiger partial charge in [0.15, 0.2) is 5.65 Å². The third kappa shape index (κ3) is 1.92. The van der Waals surface area contributed by atoms with Crippen molar-refractivity contribution in [3.63, 3.8) is 0 Å². The van der Waals surface area contributed by atoms with Crippen molar-refractivity contribution < 1.29 is 4.42 Å². The van der Waals surface area contributed by atoms with E-state index < -0.39 is 5.76 Å². The molecule has 19 heavy (non-hydrogen) atoms. The van der Waals surface area contributed by atoms with Crippen LogP contribution < -0.4 is 11.3 Å². The van der Waals surface area contributed by atoms with Crippen LogP contribution >= 0.6 is 0 Å². The fourth-order valence-electron chi connectivity index (χ4n) is 1.81. The summed E-state index contributed by atoms with van der Waals surface area (Å²) < 4.78 is 6.07. The van der Waals surface area contributed by atoms with Gasteiger partial charge in [-0.1, -0.05) is 0 Å². The van der Waals surface area contributed by atoms with Crippen LogP contribution in [0.1, 0.15) is 11.5 Å². The number of rotatable bonds is 2. The number of aromatic amines is 1. The number of aromatic nitrogens is 5. The average Bonchev–Trinajstić information content (AvgIpc) is 2.78. The molecule has 1 N–H and O–H groups in total. The van der Waals surface area contributed by atoms with Crippen LogP contribution in [0.3, 0.4) is 0 Å². The van der Waals surface area contributed by atoms with Crippen molar-refractivity contribution in [1.82, 2.24) is 24.7 Å². The third-order valence-electron chi connectivity index (χ3n) is 2.72. The van der Waals surface area contributed by atoms with Gasteiger partial charge in [0.25, 0.3) is 5.56 Å². The summed E-state index contributed by atoms with van der Waals surface area (Å²) in [4.78, 5) is 31.3. The Labute approximate surface area is 105 Å². The summed E-state index contributed by atoms with van der Waals surface area (Å²) in [5, 5.41) is 6.23. The maximum absolute atomic E-state index is 12.3. The van der Waals surface area contributed by atoms with E-state index in [0.29, 0.717) is 11.0 Å². The van der Waals surface area contributed by atoms with Gasteiger partial charge in [-0.2, -0.15) is 0 Å². The number of H-pyrrole nitrogens is 1. The summed E-state index contributed by atoms with van der Waals surface area (Å²) in [6.07, 6.45) is 2.95. The molecule has 0 bridgehead atoms. The van der Waals surface area contributed by atoms with E-state index in [1.165, 1.54) is 10.9 Å². The Hall–Kier alpha value is -2.77. The maximum Gasteiger partial charge on any atom is 0.434 e. The first-order valence-corrected chi connectivity index (χ1v) is 5.50. The van der Waals surface area contributed by atoms with Gasteiger partial charge in [0.1, 0.15) is 12.9 Å². The predicted octanol–water partition coefficient (Wildman–Crippen LogP) is -0.175. The molecular formula is C11H9N5O3. The first kappa shape index (κ1) is 11.3. The molecule has 0 fully saturated rings. The molecule has 3 aromatic heterocycles. The molecule has 0 atom stereocenters. The minimum Gasteiger partial charge on any atom is -0.390 e. The number of nitrogens with zero attached hydrogens (tertiary/aromatic N) is 4. The molecule has 3 rings (SSSR count). The third-order valence-corrected chi connectivity index (χ3v) is 2.72. The second-order valence-electron chi connectivity index (χ2n) is 4.01. The molecular weight excluding hydrogens is 250 g/mol. The lowest BCUT2D eigenvalue weighted by Gasteiger charge is -2.04. The minimum atomic E-state index is -0.658. The minimum absolute atomic E-state index is 0.0366. The van der Waals surface area contributed by atoms with Gasteiger partial charge in [-0.05, 0) is 18.6 Å². The van der Waals surface area contributed by atoms with Crippen LogP contribution in [-0.4, -0.2) is 24.7 Å². The Morgan fingerprint density at radius 1 is 1.37 bits per heavy atom. The summed E-state index contributed by atoms with van der Waals surface area (Å²) >= 11 is 0. The van der Waals surface area contributed by atoms with Gasteiger partial charge < -0.3 is 4.42 Å². The van der Waals surface area contributed by atoms with E-state index >= 15 is 0 Å². The monoisotopic (exact) mass is 259 g/mol. The Kier molecular flexibility index (Phi) is 2.48. The number of hydrogen-bond donors (Lipinski definition) is 1. The van der Waals surface area contributed by atoms with Gasteiger partial charge in [0.05, 0.1) is 5.39 Å². The van der Waals surface area contributed by atoms with Crippen LogP contribution in [0.4, 0.5) is 0 Å². The molecule has 0 aliphatic rings. The van der Waals surface area contributed by atoms with E-state index in [0.717, 1.165) is 5.56 Å². The zero-order chi connectivity index (χ0) is 13.4. The molecule has 96 valence electrons. The molecule has 8 heteroatoms. The SMILES string of the molecule is Cc1ccnc2ncn(Cc3n[nH]c(=O)o3)c(=O)c12. The summed E-state index contributed by atoms with van der Waals surface area (Å²) in [6.45, 7) is 1.85. The van der Waals surface area contributed by atoms with E-state index in [1.54, 1.807) is 12.3 Å². The van der Waals surface area contributed by atoms with Crippen molar-refractivity contribution in [1.29, 1.82) is 0 Å². The smallest absolute Gasteiger partial charge is 0.390 e. The van der Waals surface area contributed by atoms with Gasteiger partial charge in [-0.15, -0.1) is 5.10 Å². The highest BCUT2D eigenvalue weighted by Crippen LogP contribution is 2.08. The fraction of sp³-hybridized carbons (Fsp3) is 0.182. The van der Waals surface area contributed by atoms with Crippen molar-refractivity contribution in [2.24, 2.45) is 0 Å². The number of nitrogens with one attached hydrogen (secondary N) is 1. The Morgan fingerprint density at radius 3 is 2.95 bits per heavy atom. The van der Waals surface area contributed by atoms with Crippen LogP contribution in [0.2, 0.25) is 0 Å². The lowest BCUT2D eigenvalue weighted by molar-refractivity contribution is 0.446. The molecule has 0 amide bonds. The molecule has 0 saturated heterocycles. The largest absolute Gasteiger partial charge is 0.434 e. The average molecular weight is 259 g/mol. The van der Waals surface area contributed by atoms with Crippen molar-refractivity contribution in [2.45, 2.75) is 13.5 Å². The quantitative estimate of drug-likeness (QED) is 0.684. The van der Waals surface area contributed by atoms with Crippen molar-refractivity contribution >= 4 is 11.0 Å². The van der Waals surface area contributed by atoms with E-state index in [9.17, 15) is 9.59 Å². The molecule has 0 aromatic carbocycles. The van der Waals surface area contributed by atoms with Crippen LogP contribution in [0.15, 0.2) is 32.6 Å². The topological polar surface area (TPSA) is 107 Å². The van der Waals surface area contributed by atoms with E-state index in [-0.39, 0.29) is 18.0 Å². The standard InChI is InChI=1S/C11H9N5O3/c1-6-2-3-12-9-8(6)10(17)16(5-13-9)4-7-14-15-11(18)19-7/h2-3,5H,4H2,1H3,(H,15,18). The highest BCUT2D eigenvalue weighted by molar-refractivity contribution is 5.76. The van der Waals surface area contributed by atoms with Crippen molar-refractivity contribution in [3.05, 3.63) is 50.9 Å². The second-order valence-corrected chi connectivity index (χ2v) is 4.01. The maximum atomic E-state index is 12.3. The summed E-state index contributed by atoms with van der Waals surface area (Å²) in [5.74, 6) is -0.538. The van der Waals surface area contributed by atoms with Gasteiger partial charge in [-0.25, -0.2) is 19.9 Å². The number of pyridine rings is 1. The number of fused-ring (bicyclic) bond motifs is 1. The van der Waals surface area contributed by atoms with E-state index in [1.807, 2.05) is 6.92 Å².